The molecule has 5 nitrogen and oxygen atoms in total. The van der Waals surface area contributed by atoms with Gasteiger partial charge in [0.15, 0.2) is 0 Å². The van der Waals surface area contributed by atoms with Crippen molar-refractivity contribution in [2.45, 2.75) is 6.36 Å². The number of rotatable bonds is 3. The van der Waals surface area contributed by atoms with Crippen LogP contribution in [0.3, 0.4) is 0 Å². The lowest BCUT2D eigenvalue weighted by Gasteiger charge is -2.12. The van der Waals surface area contributed by atoms with E-state index < -0.39 is 17.8 Å². The maximum absolute atomic E-state index is 12.1. The number of ether oxygens (including phenoxy) is 1. The zero-order valence-corrected chi connectivity index (χ0v) is 10.6. The molecule has 9 heteroatoms. The average Bonchev–Trinajstić information content (AvgIpc) is 2.33. The van der Waals surface area contributed by atoms with Gasteiger partial charge in [-0.25, -0.2) is 0 Å². The van der Waals surface area contributed by atoms with Crippen LogP contribution in [-0.2, 0) is 0 Å². The van der Waals surface area contributed by atoms with Gasteiger partial charge < -0.3 is 4.74 Å². The Morgan fingerprint density at radius 3 is 2.47 bits per heavy atom. The average molecular weight is 333 g/mol. The fourth-order valence-corrected chi connectivity index (χ4v) is 1.43. The number of hydrogen-bond acceptors (Lipinski definition) is 5. The Morgan fingerprint density at radius 1 is 1.32 bits per heavy atom. The summed E-state index contributed by atoms with van der Waals surface area (Å²) >= 11 is 2.91. The second kappa shape index (κ2) is 6.07. The van der Waals surface area contributed by atoms with Gasteiger partial charge in [-0.15, -0.1) is 13.2 Å². The van der Waals surface area contributed by atoms with Crippen molar-refractivity contribution in [3.63, 3.8) is 0 Å². The van der Waals surface area contributed by atoms with E-state index in [1.807, 2.05) is 0 Å². The Kier molecular flexibility index (Phi) is 4.73. The molecule has 98 valence electrons. The highest BCUT2D eigenvalue weighted by molar-refractivity contribution is 9.10. The highest BCUT2D eigenvalue weighted by Crippen LogP contribution is 2.35. The molecule has 1 rings (SSSR count). The van der Waals surface area contributed by atoms with Crippen molar-refractivity contribution in [2.75, 3.05) is 5.43 Å². The molecule has 0 atom stereocenters. The van der Waals surface area contributed by atoms with Crippen LogP contribution in [0.1, 0.15) is 0 Å². The monoisotopic (exact) mass is 332 g/mol. The van der Waals surface area contributed by atoms with E-state index in [9.17, 15) is 13.2 Å². The van der Waals surface area contributed by atoms with Crippen LogP contribution in [-0.4, -0.2) is 12.1 Å². The molecule has 0 radical (unpaired) electrons. The summed E-state index contributed by atoms with van der Waals surface area (Å²) in [6.45, 7) is 0. The van der Waals surface area contributed by atoms with Gasteiger partial charge in [-0.2, -0.15) is 15.6 Å². The predicted molar refractivity (Wildman–Crippen MR) is 63.1 cm³/mol. The molecule has 0 aromatic heterocycles. The van der Waals surface area contributed by atoms with E-state index in [0.29, 0.717) is 0 Å². The lowest BCUT2D eigenvalue weighted by molar-refractivity contribution is -0.274. The van der Waals surface area contributed by atoms with Crippen LogP contribution in [0.15, 0.2) is 27.8 Å². The highest BCUT2D eigenvalue weighted by atomic mass is 79.9. The lowest BCUT2D eigenvalue weighted by Crippen LogP contribution is -2.17. The number of anilines is 1. The second-order valence-corrected chi connectivity index (χ2v) is 3.75. The van der Waals surface area contributed by atoms with Gasteiger partial charge in [0, 0.05) is 0 Å². The van der Waals surface area contributed by atoms with E-state index in [2.05, 4.69) is 31.2 Å². The third-order valence-electron chi connectivity index (χ3n) is 1.69. The molecule has 1 N–H and O–H groups in total. The summed E-state index contributed by atoms with van der Waals surface area (Å²) in [5.74, 6) is -0.469. The van der Waals surface area contributed by atoms with Crippen molar-refractivity contribution in [1.29, 1.82) is 10.5 Å². The van der Waals surface area contributed by atoms with Crippen molar-refractivity contribution in [3.05, 3.63) is 22.7 Å². The van der Waals surface area contributed by atoms with E-state index >= 15 is 0 Å². The number of nitrogens with zero attached hydrogens (tertiary/aromatic N) is 3. The molecule has 1 aromatic rings. The molecule has 0 bridgehead atoms. The van der Waals surface area contributed by atoms with Crippen molar-refractivity contribution >= 4 is 27.3 Å². The summed E-state index contributed by atoms with van der Waals surface area (Å²) in [5, 5.41) is 20.3. The molecule has 0 aliphatic rings. The molecule has 19 heavy (non-hydrogen) atoms. The molecule has 0 unspecified atom stereocenters. The van der Waals surface area contributed by atoms with Crippen molar-refractivity contribution in [2.24, 2.45) is 5.10 Å². The molecule has 0 aliphatic carbocycles. The number of nitriles is 2. The van der Waals surface area contributed by atoms with E-state index in [-0.39, 0.29) is 10.2 Å². The van der Waals surface area contributed by atoms with Crippen LogP contribution >= 0.6 is 15.9 Å². The summed E-state index contributed by atoms with van der Waals surface area (Å²) in [4.78, 5) is 0. The van der Waals surface area contributed by atoms with E-state index in [1.165, 1.54) is 24.3 Å². The van der Waals surface area contributed by atoms with Gasteiger partial charge >= 0.3 is 6.36 Å². The molecule has 0 fully saturated rings. The summed E-state index contributed by atoms with van der Waals surface area (Å²) in [7, 11) is 0. The standard InChI is InChI=1S/C10H4BrF3N4O/c11-9-7(18-17-6(4-15)5-16)2-1-3-8(9)19-10(12,13)14/h1-3,18H. The minimum Gasteiger partial charge on any atom is -0.405 e. The summed E-state index contributed by atoms with van der Waals surface area (Å²) < 4.78 is 40.0. The molecule has 0 aliphatic heterocycles. The second-order valence-electron chi connectivity index (χ2n) is 2.96. The van der Waals surface area contributed by atoms with Crippen LogP contribution in [0, 0.1) is 22.7 Å². The van der Waals surface area contributed by atoms with Crippen LogP contribution in [0.4, 0.5) is 18.9 Å². The highest BCUT2D eigenvalue weighted by Gasteiger charge is 2.32. The quantitative estimate of drug-likeness (QED) is 0.680. The van der Waals surface area contributed by atoms with Gasteiger partial charge in [0.25, 0.3) is 0 Å². The zero-order valence-electron chi connectivity index (χ0n) is 8.99. The van der Waals surface area contributed by atoms with Crippen LogP contribution in [0.5, 0.6) is 5.75 Å². The Morgan fingerprint density at radius 2 is 1.95 bits per heavy atom. The molecule has 0 amide bonds. The summed E-state index contributed by atoms with van der Waals surface area (Å²) in [5.41, 5.74) is 1.94. The van der Waals surface area contributed by atoms with Crippen LogP contribution in [0.25, 0.3) is 0 Å². The SMILES string of the molecule is N#CC(C#N)=NNc1cccc(OC(F)(F)F)c1Br. The van der Waals surface area contributed by atoms with E-state index in [1.54, 1.807) is 0 Å². The fraction of sp³-hybridized carbons (Fsp3) is 0.100. The first-order valence-corrected chi connectivity index (χ1v) is 5.35. The van der Waals surface area contributed by atoms with E-state index in [4.69, 9.17) is 10.5 Å². The van der Waals surface area contributed by atoms with Crippen molar-refractivity contribution in [1.82, 2.24) is 0 Å². The Labute approximate surface area is 114 Å². The molecule has 0 saturated carbocycles. The number of hydrazone groups is 1. The largest absolute Gasteiger partial charge is 0.573 e. The Bertz CT molecular complexity index is 570. The number of alkyl halides is 3. The first-order valence-electron chi connectivity index (χ1n) is 4.55. The van der Waals surface area contributed by atoms with Gasteiger partial charge in [-0.3, -0.25) is 5.43 Å². The minimum atomic E-state index is -4.82. The van der Waals surface area contributed by atoms with Gasteiger partial charge in [-0.1, -0.05) is 6.07 Å². The molecule has 1 aromatic carbocycles. The number of halogens is 4. The molecule has 0 heterocycles. The third kappa shape index (κ3) is 4.48. The number of hydrogen-bond donors (Lipinski definition) is 1. The number of benzene rings is 1. The fourth-order valence-electron chi connectivity index (χ4n) is 0.992. The van der Waals surface area contributed by atoms with Crippen LogP contribution < -0.4 is 10.2 Å². The smallest absolute Gasteiger partial charge is 0.405 e. The molecular formula is C10H4BrF3N4O. The Balaban J connectivity index is 3.00. The summed E-state index contributed by atoms with van der Waals surface area (Å²) in [6, 6.07) is 6.77. The topological polar surface area (TPSA) is 81.2 Å². The van der Waals surface area contributed by atoms with Crippen molar-refractivity contribution in [3.8, 4) is 17.9 Å². The van der Waals surface area contributed by atoms with Gasteiger partial charge in [0.1, 0.15) is 17.9 Å². The van der Waals surface area contributed by atoms with Crippen molar-refractivity contribution < 1.29 is 17.9 Å². The van der Waals surface area contributed by atoms with Crippen LogP contribution in [0.2, 0.25) is 0 Å². The van der Waals surface area contributed by atoms with Gasteiger partial charge in [0.2, 0.25) is 5.71 Å². The van der Waals surface area contributed by atoms with Gasteiger partial charge in [0.05, 0.1) is 10.2 Å². The Hall–Kier alpha value is -2.26. The maximum Gasteiger partial charge on any atom is 0.573 e. The minimum absolute atomic E-state index is 0.0358. The predicted octanol–water partition coefficient (Wildman–Crippen LogP) is 3.16. The lowest BCUT2D eigenvalue weighted by atomic mass is 10.3. The maximum atomic E-state index is 12.1. The zero-order chi connectivity index (χ0) is 14.5. The first-order chi connectivity index (χ1) is 8.87. The molecule has 0 spiro atoms. The molecular weight excluding hydrogens is 329 g/mol. The number of nitrogens with one attached hydrogen (secondary N) is 1. The normalized spacial score (nSPS) is 10.0. The molecule has 0 saturated heterocycles. The summed E-state index contributed by atoms with van der Waals surface area (Å²) in [6.07, 6.45) is -4.82. The third-order valence-corrected chi connectivity index (χ3v) is 2.51. The first kappa shape index (κ1) is 14.8. The van der Waals surface area contributed by atoms with E-state index in [0.717, 1.165) is 6.07 Å². The van der Waals surface area contributed by atoms with Gasteiger partial charge in [-0.05, 0) is 28.1 Å².